The molecule has 2 aromatic carbocycles. The van der Waals surface area contributed by atoms with Crippen LogP contribution in [0.2, 0.25) is 0 Å². The minimum Gasteiger partial charge on any atom is -0.356 e. The SMILES string of the molecule is CCCCc1ccc(Nc2ccc(CCCCCC(C)C)cc2)cc1. The van der Waals surface area contributed by atoms with Crippen LogP contribution in [0.3, 0.4) is 0 Å². The van der Waals surface area contributed by atoms with E-state index in [2.05, 4.69) is 74.6 Å². The highest BCUT2D eigenvalue weighted by molar-refractivity contribution is 5.60. The number of benzene rings is 2. The minimum atomic E-state index is 0.839. The second-order valence-corrected chi connectivity index (χ2v) is 7.62. The number of anilines is 2. The molecular weight excluding hydrogens is 302 g/mol. The van der Waals surface area contributed by atoms with E-state index in [9.17, 15) is 0 Å². The van der Waals surface area contributed by atoms with Crippen LogP contribution in [0, 0.1) is 5.92 Å². The minimum absolute atomic E-state index is 0.839. The Labute approximate surface area is 154 Å². The van der Waals surface area contributed by atoms with E-state index < -0.39 is 0 Å². The molecule has 136 valence electrons. The number of hydrogen-bond acceptors (Lipinski definition) is 1. The van der Waals surface area contributed by atoms with Gasteiger partial charge in [0.05, 0.1) is 0 Å². The van der Waals surface area contributed by atoms with Gasteiger partial charge in [-0.1, -0.05) is 70.7 Å². The summed E-state index contributed by atoms with van der Waals surface area (Å²) in [4.78, 5) is 0. The molecule has 0 fully saturated rings. The summed E-state index contributed by atoms with van der Waals surface area (Å²) in [7, 11) is 0. The van der Waals surface area contributed by atoms with Gasteiger partial charge in [-0.25, -0.2) is 0 Å². The molecule has 0 atom stereocenters. The van der Waals surface area contributed by atoms with E-state index in [1.165, 1.54) is 73.9 Å². The topological polar surface area (TPSA) is 12.0 Å². The van der Waals surface area contributed by atoms with Crippen LogP contribution in [0.1, 0.15) is 70.4 Å². The molecule has 0 aromatic heterocycles. The summed E-state index contributed by atoms with van der Waals surface area (Å²) >= 11 is 0. The molecule has 2 rings (SSSR count). The number of aryl methyl sites for hydroxylation is 2. The molecule has 0 aliphatic heterocycles. The fourth-order valence-corrected chi connectivity index (χ4v) is 3.12. The number of hydrogen-bond donors (Lipinski definition) is 1. The van der Waals surface area contributed by atoms with Crippen LogP contribution in [0.4, 0.5) is 11.4 Å². The fraction of sp³-hybridized carbons (Fsp3) is 0.500. The van der Waals surface area contributed by atoms with Gasteiger partial charge in [0.2, 0.25) is 0 Å². The van der Waals surface area contributed by atoms with Crippen molar-refractivity contribution in [1.82, 2.24) is 0 Å². The lowest BCUT2D eigenvalue weighted by Crippen LogP contribution is -1.93. The van der Waals surface area contributed by atoms with Gasteiger partial charge in [-0.15, -0.1) is 0 Å². The van der Waals surface area contributed by atoms with Gasteiger partial charge < -0.3 is 5.32 Å². The van der Waals surface area contributed by atoms with E-state index in [-0.39, 0.29) is 0 Å². The van der Waals surface area contributed by atoms with Gasteiger partial charge in [0.15, 0.2) is 0 Å². The van der Waals surface area contributed by atoms with Crippen molar-refractivity contribution in [3.05, 3.63) is 59.7 Å². The molecule has 0 bridgehead atoms. The van der Waals surface area contributed by atoms with Gasteiger partial charge in [0, 0.05) is 11.4 Å². The molecule has 0 saturated heterocycles. The summed E-state index contributed by atoms with van der Waals surface area (Å²) in [6.07, 6.45) is 10.3. The van der Waals surface area contributed by atoms with E-state index >= 15 is 0 Å². The van der Waals surface area contributed by atoms with Crippen LogP contribution < -0.4 is 5.32 Å². The molecule has 0 radical (unpaired) electrons. The number of nitrogens with one attached hydrogen (secondary N) is 1. The third kappa shape index (κ3) is 7.77. The molecule has 0 amide bonds. The Balaban J connectivity index is 1.76. The Morgan fingerprint density at radius 1 is 0.680 bits per heavy atom. The molecule has 2 aromatic rings. The van der Waals surface area contributed by atoms with Crippen LogP contribution in [-0.4, -0.2) is 0 Å². The second-order valence-electron chi connectivity index (χ2n) is 7.62. The van der Waals surface area contributed by atoms with E-state index in [4.69, 9.17) is 0 Å². The maximum atomic E-state index is 3.50. The number of unbranched alkanes of at least 4 members (excludes halogenated alkanes) is 3. The Bertz CT molecular complexity index is 580. The van der Waals surface area contributed by atoms with Crippen molar-refractivity contribution in [2.75, 3.05) is 5.32 Å². The van der Waals surface area contributed by atoms with Crippen molar-refractivity contribution >= 4 is 11.4 Å². The van der Waals surface area contributed by atoms with E-state index in [1.54, 1.807) is 0 Å². The third-order valence-corrected chi connectivity index (χ3v) is 4.76. The monoisotopic (exact) mass is 337 g/mol. The Morgan fingerprint density at radius 3 is 1.68 bits per heavy atom. The summed E-state index contributed by atoms with van der Waals surface area (Å²) in [6, 6.07) is 17.8. The zero-order valence-electron chi connectivity index (χ0n) is 16.4. The first-order valence-corrected chi connectivity index (χ1v) is 10.1. The first-order valence-electron chi connectivity index (χ1n) is 10.1. The van der Waals surface area contributed by atoms with Crippen LogP contribution in [0.5, 0.6) is 0 Å². The van der Waals surface area contributed by atoms with Crippen molar-refractivity contribution in [3.8, 4) is 0 Å². The Kier molecular flexibility index (Phi) is 8.59. The molecular formula is C24H35N. The van der Waals surface area contributed by atoms with Crippen LogP contribution in [-0.2, 0) is 12.8 Å². The molecule has 25 heavy (non-hydrogen) atoms. The lowest BCUT2D eigenvalue weighted by atomic mass is 10.0. The van der Waals surface area contributed by atoms with Crippen LogP contribution in [0.25, 0.3) is 0 Å². The highest BCUT2D eigenvalue weighted by Crippen LogP contribution is 2.19. The first kappa shape index (κ1) is 19.6. The molecule has 0 saturated carbocycles. The zero-order valence-corrected chi connectivity index (χ0v) is 16.4. The summed E-state index contributed by atoms with van der Waals surface area (Å²) in [5.41, 5.74) is 5.22. The van der Waals surface area contributed by atoms with Crippen molar-refractivity contribution in [2.24, 2.45) is 5.92 Å². The van der Waals surface area contributed by atoms with Gasteiger partial charge in [0.25, 0.3) is 0 Å². The molecule has 0 aliphatic rings. The zero-order chi connectivity index (χ0) is 17.9. The van der Waals surface area contributed by atoms with Crippen LogP contribution in [0.15, 0.2) is 48.5 Å². The van der Waals surface area contributed by atoms with Crippen molar-refractivity contribution in [1.29, 1.82) is 0 Å². The average molecular weight is 338 g/mol. The lowest BCUT2D eigenvalue weighted by Gasteiger charge is -2.09. The van der Waals surface area contributed by atoms with E-state index in [0.717, 1.165) is 5.92 Å². The lowest BCUT2D eigenvalue weighted by molar-refractivity contribution is 0.527. The molecule has 0 heterocycles. The summed E-state index contributed by atoms with van der Waals surface area (Å²) in [5, 5.41) is 3.50. The van der Waals surface area contributed by atoms with Gasteiger partial charge in [0.1, 0.15) is 0 Å². The predicted molar refractivity (Wildman–Crippen MR) is 112 cm³/mol. The van der Waals surface area contributed by atoms with Crippen molar-refractivity contribution in [3.63, 3.8) is 0 Å². The van der Waals surface area contributed by atoms with Crippen molar-refractivity contribution < 1.29 is 0 Å². The third-order valence-electron chi connectivity index (χ3n) is 4.76. The predicted octanol–water partition coefficient (Wildman–Crippen LogP) is 7.53. The average Bonchev–Trinajstić information content (AvgIpc) is 2.62. The summed E-state index contributed by atoms with van der Waals surface area (Å²) in [5.74, 6) is 0.839. The standard InChI is InChI=1S/C24H35N/c1-4-5-10-21-12-16-23(17-13-21)25-24-18-14-22(15-19-24)11-8-6-7-9-20(2)3/h12-20,25H,4-11H2,1-3H3. The molecule has 0 aliphatic carbocycles. The largest absolute Gasteiger partial charge is 0.356 e. The molecule has 0 spiro atoms. The van der Waals surface area contributed by atoms with Gasteiger partial charge in [-0.3, -0.25) is 0 Å². The van der Waals surface area contributed by atoms with E-state index in [1.807, 2.05) is 0 Å². The molecule has 1 nitrogen and oxygen atoms in total. The van der Waals surface area contributed by atoms with Crippen LogP contribution >= 0.6 is 0 Å². The Hall–Kier alpha value is -1.76. The highest BCUT2D eigenvalue weighted by Gasteiger charge is 1.99. The van der Waals surface area contributed by atoms with Gasteiger partial charge >= 0.3 is 0 Å². The highest BCUT2D eigenvalue weighted by atomic mass is 14.9. The van der Waals surface area contributed by atoms with E-state index in [0.29, 0.717) is 0 Å². The first-order chi connectivity index (χ1) is 12.2. The number of rotatable bonds is 11. The quantitative estimate of drug-likeness (QED) is 0.418. The molecule has 1 N–H and O–H groups in total. The van der Waals surface area contributed by atoms with Crippen molar-refractivity contribution in [2.45, 2.75) is 72.1 Å². The summed E-state index contributed by atoms with van der Waals surface area (Å²) < 4.78 is 0. The second kappa shape index (κ2) is 11.0. The fourth-order valence-electron chi connectivity index (χ4n) is 3.12. The molecule has 1 heteroatoms. The smallest absolute Gasteiger partial charge is 0.0384 e. The molecule has 0 unspecified atom stereocenters. The normalized spacial score (nSPS) is 11.0. The maximum absolute atomic E-state index is 3.50. The van der Waals surface area contributed by atoms with Gasteiger partial charge in [-0.2, -0.15) is 0 Å². The maximum Gasteiger partial charge on any atom is 0.0384 e. The Morgan fingerprint density at radius 2 is 1.20 bits per heavy atom. The summed E-state index contributed by atoms with van der Waals surface area (Å²) in [6.45, 7) is 6.86. The van der Waals surface area contributed by atoms with Gasteiger partial charge in [-0.05, 0) is 67.0 Å².